The lowest BCUT2D eigenvalue weighted by molar-refractivity contribution is -0.111. The van der Waals surface area contributed by atoms with Crippen molar-refractivity contribution in [3.63, 3.8) is 0 Å². The molecule has 0 aliphatic carbocycles. The lowest BCUT2D eigenvalue weighted by Crippen LogP contribution is -2.08. The van der Waals surface area contributed by atoms with Crippen LogP contribution in [-0.4, -0.2) is 30.4 Å². The number of hydrogen-bond donors (Lipinski definition) is 1. The van der Waals surface area contributed by atoms with Crippen molar-refractivity contribution in [2.45, 2.75) is 13.5 Å². The molecule has 0 spiro atoms. The van der Waals surface area contributed by atoms with Gasteiger partial charge in [-0.05, 0) is 12.1 Å². The van der Waals surface area contributed by atoms with Crippen LogP contribution in [0.25, 0.3) is 6.08 Å². The topological polar surface area (TPSA) is 77.5 Å². The summed E-state index contributed by atoms with van der Waals surface area (Å²) in [6.07, 6.45) is 2.46. The van der Waals surface area contributed by atoms with Crippen molar-refractivity contribution in [1.82, 2.24) is 4.98 Å². The number of amides is 1. The van der Waals surface area contributed by atoms with Gasteiger partial charge in [-0.3, -0.25) is 14.9 Å². The monoisotopic (exact) mass is 368 g/mol. The highest BCUT2D eigenvalue weighted by Gasteiger charge is 2.14. The maximum atomic E-state index is 12.6. The fourth-order valence-corrected chi connectivity index (χ4v) is 2.60. The largest absolute Gasteiger partial charge is 0.493 e. The number of aromatic nitrogens is 1. The molecule has 25 heavy (non-hydrogen) atoms. The molecule has 1 amide bonds. The quantitative estimate of drug-likeness (QED) is 0.597. The van der Waals surface area contributed by atoms with Gasteiger partial charge in [0.15, 0.2) is 22.4 Å². The normalized spacial score (nSPS) is 10.9. The van der Waals surface area contributed by atoms with E-state index in [1.807, 2.05) is 0 Å². The third-order valence-corrected chi connectivity index (χ3v) is 3.70. The van der Waals surface area contributed by atoms with E-state index in [2.05, 4.69) is 15.0 Å². The number of rotatable bonds is 7. The molecule has 0 saturated heterocycles. The van der Waals surface area contributed by atoms with Crippen molar-refractivity contribution < 1.29 is 27.8 Å². The Morgan fingerprint density at radius 1 is 1.36 bits per heavy atom. The smallest absolute Gasteiger partial charge is 0.387 e. The molecule has 0 aliphatic heterocycles. The van der Waals surface area contributed by atoms with Crippen LogP contribution >= 0.6 is 11.3 Å². The minimum Gasteiger partial charge on any atom is -0.493 e. The van der Waals surface area contributed by atoms with Gasteiger partial charge in [0.25, 0.3) is 0 Å². The van der Waals surface area contributed by atoms with E-state index < -0.39 is 12.5 Å². The summed E-state index contributed by atoms with van der Waals surface area (Å²) in [6, 6.07) is 4.55. The van der Waals surface area contributed by atoms with Crippen molar-refractivity contribution in [1.29, 1.82) is 0 Å². The SMILES string of the molecule is COc1cccc(/C=C/C(=O)Nc2nc(C(C)=O)cs2)c1OC(F)F. The minimum absolute atomic E-state index is 0.119. The van der Waals surface area contributed by atoms with Gasteiger partial charge in [-0.1, -0.05) is 12.1 Å². The number of halogens is 2. The summed E-state index contributed by atoms with van der Waals surface area (Å²) in [5.74, 6) is -0.793. The average molecular weight is 368 g/mol. The fraction of sp³-hybridized carbons (Fsp3) is 0.188. The van der Waals surface area contributed by atoms with E-state index in [0.29, 0.717) is 0 Å². The van der Waals surface area contributed by atoms with Crippen LogP contribution in [-0.2, 0) is 4.79 Å². The van der Waals surface area contributed by atoms with Crippen LogP contribution in [0.15, 0.2) is 29.7 Å². The third-order valence-electron chi connectivity index (χ3n) is 2.95. The predicted molar refractivity (Wildman–Crippen MR) is 89.4 cm³/mol. The zero-order valence-electron chi connectivity index (χ0n) is 13.3. The zero-order chi connectivity index (χ0) is 18.4. The van der Waals surface area contributed by atoms with Gasteiger partial charge < -0.3 is 9.47 Å². The number of Topliss-reactive ketones (excluding diaryl/α,β-unsaturated/α-hetero) is 1. The van der Waals surface area contributed by atoms with E-state index in [1.165, 1.54) is 37.6 Å². The molecule has 1 aromatic heterocycles. The van der Waals surface area contributed by atoms with E-state index in [0.717, 1.165) is 17.4 Å². The number of alkyl halides is 2. The molecule has 0 unspecified atom stereocenters. The number of thiazole rings is 1. The molecular weight excluding hydrogens is 354 g/mol. The second-order valence-electron chi connectivity index (χ2n) is 4.67. The second-order valence-corrected chi connectivity index (χ2v) is 5.53. The molecule has 132 valence electrons. The maximum absolute atomic E-state index is 12.6. The average Bonchev–Trinajstić information content (AvgIpc) is 3.02. The first-order valence-corrected chi connectivity index (χ1v) is 7.86. The van der Waals surface area contributed by atoms with Crippen LogP contribution in [0.2, 0.25) is 0 Å². The van der Waals surface area contributed by atoms with Crippen LogP contribution in [0.3, 0.4) is 0 Å². The van der Waals surface area contributed by atoms with Crippen molar-refractivity contribution in [3.05, 3.63) is 40.9 Å². The Morgan fingerprint density at radius 2 is 2.12 bits per heavy atom. The van der Waals surface area contributed by atoms with Gasteiger partial charge in [0.2, 0.25) is 5.91 Å². The number of carbonyl (C=O) groups is 2. The molecule has 9 heteroatoms. The van der Waals surface area contributed by atoms with Crippen LogP contribution < -0.4 is 14.8 Å². The number of carbonyl (C=O) groups excluding carboxylic acids is 2. The molecule has 2 rings (SSSR count). The molecule has 0 atom stereocenters. The Hall–Kier alpha value is -2.81. The summed E-state index contributed by atoms with van der Waals surface area (Å²) in [5.41, 5.74) is 0.503. The van der Waals surface area contributed by atoms with Gasteiger partial charge in [0, 0.05) is 23.9 Å². The first-order valence-electron chi connectivity index (χ1n) is 6.98. The van der Waals surface area contributed by atoms with E-state index in [9.17, 15) is 18.4 Å². The molecule has 1 heterocycles. The van der Waals surface area contributed by atoms with Gasteiger partial charge in [-0.15, -0.1) is 11.3 Å². The minimum atomic E-state index is -3.03. The number of methoxy groups -OCH3 is 1. The van der Waals surface area contributed by atoms with Gasteiger partial charge in [-0.25, -0.2) is 4.98 Å². The number of ketones is 1. The Balaban J connectivity index is 2.14. The second kappa shape index (κ2) is 8.34. The molecule has 1 aromatic carbocycles. The van der Waals surface area contributed by atoms with Gasteiger partial charge in [-0.2, -0.15) is 8.78 Å². The van der Waals surface area contributed by atoms with Crippen LogP contribution in [0, 0.1) is 0 Å². The molecule has 1 N–H and O–H groups in total. The fourth-order valence-electron chi connectivity index (χ4n) is 1.85. The lowest BCUT2D eigenvalue weighted by Gasteiger charge is -2.12. The highest BCUT2D eigenvalue weighted by molar-refractivity contribution is 7.14. The van der Waals surface area contributed by atoms with Crippen molar-refractivity contribution >= 4 is 34.2 Å². The molecule has 0 saturated carbocycles. The molecule has 2 aromatic rings. The van der Waals surface area contributed by atoms with E-state index in [-0.39, 0.29) is 33.7 Å². The molecular formula is C16H14F2N2O4S. The number of anilines is 1. The van der Waals surface area contributed by atoms with E-state index in [4.69, 9.17) is 4.74 Å². The molecule has 0 aliphatic rings. The first kappa shape index (κ1) is 18.5. The number of nitrogens with one attached hydrogen (secondary N) is 1. The van der Waals surface area contributed by atoms with E-state index in [1.54, 1.807) is 6.07 Å². The molecule has 6 nitrogen and oxygen atoms in total. The Labute approximate surface area is 146 Å². The summed E-state index contributed by atoms with van der Waals surface area (Å²) < 4.78 is 34.6. The Bertz CT molecular complexity index is 805. The number of benzene rings is 1. The standard InChI is InChI=1S/C16H14F2N2O4S/c1-9(21)11-8-25-16(19-11)20-13(22)7-6-10-4-3-5-12(23-2)14(10)24-15(17)18/h3-8,15H,1-2H3,(H,19,20,22)/b7-6+. The van der Waals surface area contributed by atoms with E-state index >= 15 is 0 Å². The lowest BCUT2D eigenvalue weighted by atomic mass is 10.1. The Morgan fingerprint density at radius 3 is 2.72 bits per heavy atom. The van der Waals surface area contributed by atoms with Crippen LogP contribution in [0.4, 0.5) is 13.9 Å². The summed E-state index contributed by atoms with van der Waals surface area (Å²) in [6.45, 7) is -1.66. The summed E-state index contributed by atoms with van der Waals surface area (Å²) in [4.78, 5) is 27.0. The number of hydrogen-bond acceptors (Lipinski definition) is 6. The molecule has 0 fully saturated rings. The first-order chi connectivity index (χ1) is 11.9. The highest BCUT2D eigenvalue weighted by Crippen LogP contribution is 2.33. The predicted octanol–water partition coefficient (Wildman–Crippen LogP) is 3.61. The van der Waals surface area contributed by atoms with Crippen LogP contribution in [0.5, 0.6) is 11.5 Å². The molecule has 0 radical (unpaired) electrons. The summed E-state index contributed by atoms with van der Waals surface area (Å²) >= 11 is 1.10. The zero-order valence-corrected chi connectivity index (χ0v) is 14.1. The summed E-state index contributed by atoms with van der Waals surface area (Å²) in [7, 11) is 1.32. The van der Waals surface area contributed by atoms with Gasteiger partial charge in [0.1, 0.15) is 5.69 Å². The third kappa shape index (κ3) is 5.08. The maximum Gasteiger partial charge on any atom is 0.387 e. The van der Waals surface area contributed by atoms with Gasteiger partial charge in [0.05, 0.1) is 7.11 Å². The van der Waals surface area contributed by atoms with Gasteiger partial charge >= 0.3 is 6.61 Å². The number of para-hydroxylation sites is 1. The van der Waals surface area contributed by atoms with Crippen molar-refractivity contribution in [3.8, 4) is 11.5 Å². The highest BCUT2D eigenvalue weighted by atomic mass is 32.1. The Kier molecular flexibility index (Phi) is 6.18. The van der Waals surface area contributed by atoms with Crippen LogP contribution in [0.1, 0.15) is 23.0 Å². The van der Waals surface area contributed by atoms with Crippen molar-refractivity contribution in [2.24, 2.45) is 0 Å². The number of ether oxygens (including phenoxy) is 2. The summed E-state index contributed by atoms with van der Waals surface area (Å²) in [5, 5.41) is 4.27. The van der Waals surface area contributed by atoms with Crippen molar-refractivity contribution in [2.75, 3.05) is 12.4 Å². The number of nitrogens with zero attached hydrogens (tertiary/aromatic N) is 1. The molecule has 0 bridgehead atoms.